The van der Waals surface area contributed by atoms with Crippen molar-refractivity contribution in [3.63, 3.8) is 0 Å². The first-order chi connectivity index (χ1) is 12.1. The molecular formula is C15H18N6O3S. The number of benzene rings is 1. The quantitative estimate of drug-likeness (QED) is 0.461. The van der Waals surface area contributed by atoms with E-state index < -0.39 is 10.8 Å². The molecule has 1 aromatic heterocycles. The van der Waals surface area contributed by atoms with Gasteiger partial charge in [-0.2, -0.15) is 4.98 Å². The molecule has 1 amide bonds. The third-order valence-electron chi connectivity index (χ3n) is 3.85. The van der Waals surface area contributed by atoms with Gasteiger partial charge < -0.3 is 4.90 Å². The first-order valence-electron chi connectivity index (χ1n) is 7.98. The molecule has 0 unspecified atom stereocenters. The summed E-state index contributed by atoms with van der Waals surface area (Å²) in [7, 11) is 0. The number of carbonyl (C=O) groups is 1. The molecule has 25 heavy (non-hydrogen) atoms. The summed E-state index contributed by atoms with van der Waals surface area (Å²) < 4.78 is 0. The van der Waals surface area contributed by atoms with Crippen molar-refractivity contribution in [3.05, 3.63) is 33.9 Å². The van der Waals surface area contributed by atoms with Gasteiger partial charge in [-0.25, -0.2) is 5.10 Å². The summed E-state index contributed by atoms with van der Waals surface area (Å²) in [6.45, 7) is 3.56. The Bertz CT molecular complexity index is 787. The molecule has 1 aliphatic rings. The van der Waals surface area contributed by atoms with E-state index in [2.05, 4.69) is 20.5 Å². The molecule has 10 heteroatoms. The number of carbonyl (C=O) groups excluding carboxylic acids is 1. The second-order valence-electron chi connectivity index (χ2n) is 5.51. The summed E-state index contributed by atoms with van der Waals surface area (Å²) in [5.41, 5.74) is 0.699. The molecule has 2 N–H and O–H groups in total. The second-order valence-corrected chi connectivity index (χ2v) is 6.74. The molecule has 1 fully saturated rings. The summed E-state index contributed by atoms with van der Waals surface area (Å²) in [6, 6.07) is 4.53. The molecule has 1 aliphatic heterocycles. The number of nitro groups is 1. The Balaban J connectivity index is 1.79. The lowest BCUT2D eigenvalue weighted by atomic mass is 10.1. The molecule has 9 nitrogen and oxygen atoms in total. The molecule has 0 aliphatic carbocycles. The van der Waals surface area contributed by atoms with Crippen LogP contribution in [0.3, 0.4) is 0 Å². The van der Waals surface area contributed by atoms with Gasteiger partial charge in [-0.05, 0) is 30.7 Å². The first-order valence-corrected chi connectivity index (χ1v) is 8.97. The van der Waals surface area contributed by atoms with Crippen molar-refractivity contribution in [3.8, 4) is 0 Å². The van der Waals surface area contributed by atoms with Gasteiger partial charge in [-0.1, -0.05) is 18.7 Å². The summed E-state index contributed by atoms with van der Waals surface area (Å²) in [6.07, 6.45) is 2.03. The van der Waals surface area contributed by atoms with Crippen LogP contribution in [0, 0.1) is 10.1 Å². The monoisotopic (exact) mass is 362 g/mol. The van der Waals surface area contributed by atoms with E-state index in [0.717, 1.165) is 31.7 Å². The first kappa shape index (κ1) is 17.2. The molecule has 0 radical (unpaired) electrons. The number of nitrogens with one attached hydrogen (secondary N) is 2. The number of nitro benzene ring substituents is 1. The van der Waals surface area contributed by atoms with Crippen LogP contribution in [0.1, 0.15) is 30.1 Å². The molecule has 2 aromatic rings. The lowest BCUT2D eigenvalue weighted by molar-refractivity contribution is -0.384. The highest BCUT2D eigenvalue weighted by atomic mass is 32.2. The Hall–Kier alpha value is -2.62. The van der Waals surface area contributed by atoms with E-state index in [4.69, 9.17) is 0 Å². The van der Waals surface area contributed by atoms with Gasteiger partial charge in [0.25, 0.3) is 11.6 Å². The van der Waals surface area contributed by atoms with Gasteiger partial charge >= 0.3 is 0 Å². The molecule has 0 spiro atoms. The highest BCUT2D eigenvalue weighted by molar-refractivity contribution is 7.99. The normalized spacial score (nSPS) is 13.9. The van der Waals surface area contributed by atoms with E-state index in [1.165, 1.54) is 17.8 Å². The van der Waals surface area contributed by atoms with Crippen LogP contribution in [0.2, 0.25) is 0 Å². The predicted octanol–water partition coefficient (Wildman–Crippen LogP) is 2.68. The zero-order valence-corrected chi connectivity index (χ0v) is 14.5. The number of aromatic amines is 1. The average molecular weight is 362 g/mol. The van der Waals surface area contributed by atoms with E-state index in [1.807, 2.05) is 11.8 Å². The van der Waals surface area contributed by atoms with E-state index >= 15 is 0 Å². The molecule has 1 aromatic carbocycles. The number of thioether (sulfide) groups is 1. The van der Waals surface area contributed by atoms with E-state index in [-0.39, 0.29) is 17.2 Å². The number of H-pyrrole nitrogens is 1. The zero-order valence-electron chi connectivity index (χ0n) is 13.7. The van der Waals surface area contributed by atoms with Crippen molar-refractivity contribution in [1.82, 2.24) is 15.2 Å². The second kappa shape index (κ2) is 7.51. The Morgan fingerprint density at radius 3 is 2.88 bits per heavy atom. The number of anilines is 2. The van der Waals surface area contributed by atoms with Gasteiger partial charge in [0, 0.05) is 24.7 Å². The molecule has 3 rings (SSSR count). The van der Waals surface area contributed by atoms with Gasteiger partial charge in [0.15, 0.2) is 0 Å². The van der Waals surface area contributed by atoms with E-state index in [0.29, 0.717) is 10.8 Å². The van der Waals surface area contributed by atoms with Crippen molar-refractivity contribution < 1.29 is 9.72 Å². The van der Waals surface area contributed by atoms with Gasteiger partial charge in [0.2, 0.25) is 11.1 Å². The molecule has 0 atom stereocenters. The highest BCUT2D eigenvalue weighted by Gasteiger charge is 2.24. The predicted molar refractivity (Wildman–Crippen MR) is 95.3 cm³/mol. The molecule has 0 bridgehead atoms. The molecule has 132 valence electrons. The fraction of sp³-hybridized carbons (Fsp3) is 0.400. The molecule has 1 saturated heterocycles. The van der Waals surface area contributed by atoms with Gasteiger partial charge in [0.05, 0.1) is 4.92 Å². The number of aromatic nitrogens is 3. The maximum absolute atomic E-state index is 12.3. The fourth-order valence-corrected chi connectivity index (χ4v) is 3.24. The summed E-state index contributed by atoms with van der Waals surface area (Å²) in [4.78, 5) is 29.4. The Labute approximate surface area is 148 Å². The van der Waals surface area contributed by atoms with Crippen molar-refractivity contribution >= 4 is 35.0 Å². The summed E-state index contributed by atoms with van der Waals surface area (Å²) >= 11 is 1.44. The van der Waals surface area contributed by atoms with Crippen LogP contribution < -0.4 is 10.2 Å². The van der Waals surface area contributed by atoms with Crippen LogP contribution in [0.4, 0.5) is 17.3 Å². The minimum atomic E-state index is -0.472. The largest absolute Gasteiger partial charge is 0.366 e. The summed E-state index contributed by atoms with van der Waals surface area (Å²) in [5.74, 6) is 0.558. The van der Waals surface area contributed by atoms with Gasteiger partial charge in [0.1, 0.15) is 5.69 Å². The number of hydrogen-bond donors (Lipinski definition) is 2. The topological polar surface area (TPSA) is 117 Å². The van der Waals surface area contributed by atoms with Crippen LogP contribution in [0.15, 0.2) is 23.4 Å². The zero-order chi connectivity index (χ0) is 17.8. The van der Waals surface area contributed by atoms with Crippen molar-refractivity contribution in [1.29, 1.82) is 0 Å². The van der Waals surface area contributed by atoms with Crippen molar-refractivity contribution in [2.75, 3.05) is 29.1 Å². The van der Waals surface area contributed by atoms with Crippen LogP contribution in [-0.4, -0.2) is 44.9 Å². The number of nitrogens with zero attached hydrogens (tertiary/aromatic N) is 4. The van der Waals surface area contributed by atoms with Crippen LogP contribution >= 0.6 is 11.8 Å². The molecule has 2 heterocycles. The Kier molecular flexibility index (Phi) is 5.17. The van der Waals surface area contributed by atoms with Crippen molar-refractivity contribution in [2.45, 2.75) is 24.9 Å². The third-order valence-corrected chi connectivity index (χ3v) is 4.58. The van der Waals surface area contributed by atoms with Crippen LogP contribution in [0.5, 0.6) is 0 Å². The van der Waals surface area contributed by atoms with Crippen molar-refractivity contribution in [2.24, 2.45) is 0 Å². The molecule has 0 saturated carbocycles. The smallest absolute Gasteiger partial charge is 0.293 e. The fourth-order valence-electron chi connectivity index (χ4n) is 2.71. The van der Waals surface area contributed by atoms with E-state index in [9.17, 15) is 14.9 Å². The lowest BCUT2D eigenvalue weighted by Crippen LogP contribution is -2.20. The lowest BCUT2D eigenvalue weighted by Gasteiger charge is -2.17. The Morgan fingerprint density at radius 2 is 2.20 bits per heavy atom. The minimum Gasteiger partial charge on any atom is -0.366 e. The van der Waals surface area contributed by atoms with Gasteiger partial charge in [-0.3, -0.25) is 20.2 Å². The number of rotatable bonds is 6. The number of amides is 1. The maximum Gasteiger partial charge on any atom is 0.293 e. The standard InChI is InChI=1S/C15H18N6O3S/c1-2-25-15-17-14(18-19-15)16-13(22)10-5-6-11(12(9-10)21(23)24)20-7-3-4-8-20/h5-6,9H,2-4,7-8H2,1H3,(H2,16,17,18,19,22). The number of hydrogen-bond acceptors (Lipinski definition) is 7. The molecular weight excluding hydrogens is 344 g/mol. The van der Waals surface area contributed by atoms with Crippen LogP contribution in [0.25, 0.3) is 0 Å². The third kappa shape index (κ3) is 3.90. The van der Waals surface area contributed by atoms with E-state index in [1.54, 1.807) is 12.1 Å². The average Bonchev–Trinajstić information content (AvgIpc) is 3.26. The van der Waals surface area contributed by atoms with Gasteiger partial charge in [-0.15, -0.1) is 5.10 Å². The maximum atomic E-state index is 12.3. The minimum absolute atomic E-state index is 0.0608. The van der Waals surface area contributed by atoms with Crippen LogP contribution in [-0.2, 0) is 0 Å². The Morgan fingerprint density at radius 1 is 1.44 bits per heavy atom. The highest BCUT2D eigenvalue weighted by Crippen LogP contribution is 2.31. The summed E-state index contributed by atoms with van der Waals surface area (Å²) in [5, 5.41) is 21.1. The SMILES string of the molecule is CCSc1n[nH]c(NC(=O)c2ccc(N3CCCC3)c([N+](=O)[O-])c2)n1.